The number of benzene rings is 1. The first kappa shape index (κ1) is 18.0. The summed E-state index contributed by atoms with van der Waals surface area (Å²) in [5.74, 6) is -1.29. The van der Waals surface area contributed by atoms with Crippen LogP contribution in [-0.4, -0.2) is 42.1 Å². The second kappa shape index (κ2) is 7.06. The van der Waals surface area contributed by atoms with Crippen LogP contribution in [0.3, 0.4) is 0 Å². The quantitative estimate of drug-likeness (QED) is 0.826. The smallest absolute Gasteiger partial charge is 0.345 e. The monoisotopic (exact) mass is 347 g/mol. The number of urea groups is 1. The highest BCUT2D eigenvalue weighted by molar-refractivity contribution is 5.94. The van der Waals surface area contributed by atoms with Crippen LogP contribution in [0.1, 0.15) is 18.4 Å². The molecule has 1 aliphatic rings. The van der Waals surface area contributed by atoms with Crippen molar-refractivity contribution < 1.29 is 27.2 Å². The number of nitrogens with one attached hydrogen (secondary N) is 2. The van der Waals surface area contributed by atoms with E-state index in [9.17, 15) is 27.2 Å². The number of likely N-dealkylation sites (tertiary alicyclic amines) is 1. The molecule has 2 rings (SSSR count). The summed E-state index contributed by atoms with van der Waals surface area (Å²) in [7, 11) is 0. The lowest BCUT2D eigenvalue weighted by Crippen LogP contribution is -2.49. The van der Waals surface area contributed by atoms with Crippen LogP contribution >= 0.6 is 0 Å². The van der Waals surface area contributed by atoms with Gasteiger partial charge in [0.05, 0.1) is 0 Å². The Labute approximate surface area is 136 Å². The second-order valence-electron chi connectivity index (χ2n) is 5.57. The lowest BCUT2D eigenvalue weighted by Gasteiger charge is -2.24. The van der Waals surface area contributed by atoms with E-state index in [2.05, 4.69) is 5.32 Å². The Morgan fingerprint density at radius 1 is 1.33 bits per heavy atom. The maximum Gasteiger partial charge on any atom is 0.405 e. The molecule has 1 fully saturated rings. The highest BCUT2D eigenvalue weighted by Gasteiger charge is 2.36. The Hall–Kier alpha value is -2.32. The van der Waals surface area contributed by atoms with Gasteiger partial charge in [0.15, 0.2) is 0 Å². The van der Waals surface area contributed by atoms with Gasteiger partial charge in [0.2, 0.25) is 5.91 Å². The average molecular weight is 347 g/mol. The summed E-state index contributed by atoms with van der Waals surface area (Å²) < 4.78 is 49.6. The first-order chi connectivity index (χ1) is 11.2. The summed E-state index contributed by atoms with van der Waals surface area (Å²) in [5, 5.41) is 4.35. The first-order valence-corrected chi connectivity index (χ1v) is 7.35. The van der Waals surface area contributed by atoms with Gasteiger partial charge in [0.25, 0.3) is 0 Å². The number of halogens is 4. The Bertz CT molecular complexity index is 634. The molecule has 1 aromatic rings. The summed E-state index contributed by atoms with van der Waals surface area (Å²) in [6.45, 7) is 0.432. The van der Waals surface area contributed by atoms with Crippen molar-refractivity contribution in [2.45, 2.75) is 32.0 Å². The summed E-state index contributed by atoms with van der Waals surface area (Å²) in [5.41, 5.74) is 0.878. The van der Waals surface area contributed by atoms with Crippen LogP contribution in [0.4, 0.5) is 28.0 Å². The first-order valence-electron chi connectivity index (χ1n) is 7.35. The predicted octanol–water partition coefficient (Wildman–Crippen LogP) is 2.81. The number of carbonyl (C=O) groups excluding carboxylic acids is 2. The molecule has 1 aliphatic heterocycles. The third kappa shape index (κ3) is 4.59. The van der Waals surface area contributed by atoms with Gasteiger partial charge in [-0.2, -0.15) is 13.2 Å². The average Bonchev–Trinajstić information content (AvgIpc) is 2.96. The summed E-state index contributed by atoms with van der Waals surface area (Å²) >= 11 is 0. The molecule has 3 amide bonds. The standard InChI is InChI=1S/C15H17F4N3O2/c1-9-7-10(16)4-5-11(9)21-14(24)22-6-2-3-12(22)13(23)20-8-15(17,18)19/h4-5,7,12H,2-3,6,8H2,1H3,(H,20,23)(H,21,24)/t12-/m1/s1. The molecule has 0 bridgehead atoms. The van der Waals surface area contributed by atoms with E-state index in [1.807, 2.05) is 0 Å². The number of rotatable bonds is 3. The zero-order valence-electron chi connectivity index (χ0n) is 12.9. The van der Waals surface area contributed by atoms with Crippen molar-refractivity contribution in [3.63, 3.8) is 0 Å². The maximum atomic E-state index is 13.1. The topological polar surface area (TPSA) is 61.4 Å². The third-order valence-corrected chi connectivity index (χ3v) is 3.71. The van der Waals surface area contributed by atoms with Gasteiger partial charge in [-0.25, -0.2) is 9.18 Å². The molecule has 1 saturated heterocycles. The van der Waals surface area contributed by atoms with Crippen LogP contribution in [0.5, 0.6) is 0 Å². The van der Waals surface area contributed by atoms with E-state index in [1.165, 1.54) is 23.1 Å². The molecule has 0 unspecified atom stereocenters. The van der Waals surface area contributed by atoms with Crippen LogP contribution in [0.25, 0.3) is 0 Å². The molecule has 0 radical (unpaired) electrons. The van der Waals surface area contributed by atoms with Crippen molar-refractivity contribution in [3.8, 4) is 0 Å². The van der Waals surface area contributed by atoms with Gasteiger partial charge in [-0.3, -0.25) is 4.79 Å². The number of alkyl halides is 3. The number of amides is 3. The van der Waals surface area contributed by atoms with Crippen molar-refractivity contribution >= 4 is 17.6 Å². The highest BCUT2D eigenvalue weighted by Crippen LogP contribution is 2.22. The molecule has 1 heterocycles. The maximum absolute atomic E-state index is 13.1. The molecule has 24 heavy (non-hydrogen) atoms. The van der Waals surface area contributed by atoms with E-state index in [4.69, 9.17) is 0 Å². The predicted molar refractivity (Wildman–Crippen MR) is 78.9 cm³/mol. The van der Waals surface area contributed by atoms with E-state index in [0.29, 0.717) is 24.1 Å². The van der Waals surface area contributed by atoms with Crippen molar-refractivity contribution in [2.24, 2.45) is 0 Å². The van der Waals surface area contributed by atoms with Gasteiger partial charge in [-0.05, 0) is 43.5 Å². The SMILES string of the molecule is Cc1cc(F)ccc1NC(=O)N1CCC[C@@H]1C(=O)NCC(F)(F)F. The molecule has 0 spiro atoms. The summed E-state index contributed by atoms with van der Waals surface area (Å²) in [6, 6.07) is 2.26. The van der Waals surface area contributed by atoms with Crippen LogP contribution in [0.15, 0.2) is 18.2 Å². The van der Waals surface area contributed by atoms with E-state index in [1.54, 1.807) is 12.2 Å². The Kier molecular flexibility index (Phi) is 5.30. The largest absolute Gasteiger partial charge is 0.405 e. The van der Waals surface area contributed by atoms with Crippen LogP contribution in [0.2, 0.25) is 0 Å². The Morgan fingerprint density at radius 2 is 2.04 bits per heavy atom. The van der Waals surface area contributed by atoms with Gasteiger partial charge in [0, 0.05) is 12.2 Å². The van der Waals surface area contributed by atoms with Gasteiger partial charge in [-0.15, -0.1) is 0 Å². The molecule has 9 heteroatoms. The van der Waals surface area contributed by atoms with Gasteiger partial charge in [-0.1, -0.05) is 0 Å². The molecular formula is C15H17F4N3O2. The Balaban J connectivity index is 2.01. The minimum atomic E-state index is -4.51. The van der Waals surface area contributed by atoms with Gasteiger partial charge < -0.3 is 15.5 Å². The molecule has 1 atom stereocenters. The van der Waals surface area contributed by atoms with Crippen molar-refractivity contribution in [1.82, 2.24) is 10.2 Å². The van der Waals surface area contributed by atoms with E-state index in [0.717, 1.165) is 0 Å². The molecule has 5 nitrogen and oxygen atoms in total. The van der Waals surface area contributed by atoms with Crippen molar-refractivity contribution in [3.05, 3.63) is 29.6 Å². The molecular weight excluding hydrogens is 330 g/mol. The minimum Gasteiger partial charge on any atom is -0.345 e. The summed E-state index contributed by atoms with van der Waals surface area (Å²) in [6.07, 6.45) is -3.70. The second-order valence-corrected chi connectivity index (χ2v) is 5.57. The molecule has 132 valence electrons. The van der Waals surface area contributed by atoms with Gasteiger partial charge in [0.1, 0.15) is 18.4 Å². The lowest BCUT2D eigenvalue weighted by atomic mass is 10.2. The summed E-state index contributed by atoms with van der Waals surface area (Å²) in [4.78, 5) is 25.4. The highest BCUT2D eigenvalue weighted by atomic mass is 19.4. The fourth-order valence-corrected chi connectivity index (χ4v) is 2.54. The number of carbonyl (C=O) groups is 2. The molecule has 2 N–H and O–H groups in total. The molecule has 0 aromatic heterocycles. The molecule has 1 aromatic carbocycles. The van der Waals surface area contributed by atoms with Crippen LogP contribution in [0, 0.1) is 12.7 Å². The fourth-order valence-electron chi connectivity index (χ4n) is 2.54. The van der Waals surface area contributed by atoms with Crippen LogP contribution in [-0.2, 0) is 4.79 Å². The number of anilines is 1. The third-order valence-electron chi connectivity index (χ3n) is 3.71. The lowest BCUT2D eigenvalue weighted by molar-refractivity contribution is -0.140. The fraction of sp³-hybridized carbons (Fsp3) is 0.467. The Morgan fingerprint density at radius 3 is 2.67 bits per heavy atom. The van der Waals surface area contributed by atoms with Gasteiger partial charge >= 0.3 is 12.2 Å². The molecule has 0 saturated carbocycles. The minimum absolute atomic E-state index is 0.260. The van der Waals surface area contributed by atoms with E-state index >= 15 is 0 Å². The number of hydrogen-bond donors (Lipinski definition) is 2. The number of aryl methyl sites for hydroxylation is 1. The zero-order chi connectivity index (χ0) is 17.9. The van der Waals surface area contributed by atoms with E-state index in [-0.39, 0.29) is 6.54 Å². The number of hydrogen-bond acceptors (Lipinski definition) is 2. The van der Waals surface area contributed by atoms with E-state index < -0.39 is 36.5 Å². The van der Waals surface area contributed by atoms with Crippen molar-refractivity contribution in [1.29, 1.82) is 0 Å². The number of nitrogens with zero attached hydrogens (tertiary/aromatic N) is 1. The zero-order valence-corrected chi connectivity index (χ0v) is 12.9. The van der Waals surface area contributed by atoms with Crippen LogP contribution < -0.4 is 10.6 Å². The van der Waals surface area contributed by atoms with Crippen molar-refractivity contribution in [2.75, 3.05) is 18.4 Å². The molecule has 0 aliphatic carbocycles. The normalized spacial score (nSPS) is 17.7.